The minimum atomic E-state index is -0.201. The Labute approximate surface area is 126 Å². The number of nitrogens with zero attached hydrogens (tertiary/aromatic N) is 1. The second kappa shape index (κ2) is 8.13. The molecule has 0 unspecified atom stereocenters. The first kappa shape index (κ1) is 16.0. The zero-order valence-electron chi connectivity index (χ0n) is 12.8. The van der Waals surface area contributed by atoms with Gasteiger partial charge in [0.2, 0.25) is 5.91 Å². The van der Waals surface area contributed by atoms with Crippen LogP contribution in [0, 0.1) is 11.7 Å². The first-order valence-corrected chi connectivity index (χ1v) is 7.88. The average molecular weight is 292 g/mol. The molecule has 0 radical (unpaired) electrons. The van der Waals surface area contributed by atoms with E-state index in [1.807, 2.05) is 4.90 Å². The molecule has 0 bridgehead atoms. The third kappa shape index (κ3) is 5.46. The first-order chi connectivity index (χ1) is 10.1. The van der Waals surface area contributed by atoms with Gasteiger partial charge in [-0.2, -0.15) is 0 Å². The summed E-state index contributed by atoms with van der Waals surface area (Å²) >= 11 is 0. The molecule has 4 heteroatoms. The van der Waals surface area contributed by atoms with Gasteiger partial charge in [0.25, 0.3) is 0 Å². The maximum Gasteiger partial charge on any atom is 0.223 e. The number of likely N-dealkylation sites (tertiary alicyclic amines) is 1. The lowest BCUT2D eigenvalue weighted by molar-refractivity contribution is -0.132. The fourth-order valence-corrected chi connectivity index (χ4v) is 2.62. The van der Waals surface area contributed by atoms with E-state index in [4.69, 9.17) is 0 Å². The molecule has 1 aromatic rings. The van der Waals surface area contributed by atoms with Gasteiger partial charge < -0.3 is 10.2 Å². The Morgan fingerprint density at radius 2 is 1.90 bits per heavy atom. The van der Waals surface area contributed by atoms with Gasteiger partial charge in [0.1, 0.15) is 5.82 Å². The molecule has 21 heavy (non-hydrogen) atoms. The number of hydrogen-bond acceptors (Lipinski definition) is 2. The number of piperidine rings is 1. The molecule has 1 aliphatic heterocycles. The quantitative estimate of drug-likeness (QED) is 0.817. The van der Waals surface area contributed by atoms with Crippen LogP contribution in [0.2, 0.25) is 0 Å². The second-order valence-corrected chi connectivity index (χ2v) is 5.94. The molecule has 3 nitrogen and oxygen atoms in total. The molecule has 0 spiro atoms. The van der Waals surface area contributed by atoms with Crippen molar-refractivity contribution in [3.8, 4) is 0 Å². The van der Waals surface area contributed by atoms with Gasteiger partial charge in [-0.25, -0.2) is 4.39 Å². The Morgan fingerprint density at radius 1 is 1.24 bits per heavy atom. The van der Waals surface area contributed by atoms with E-state index in [0.29, 0.717) is 13.0 Å². The molecule has 0 saturated carbocycles. The van der Waals surface area contributed by atoms with E-state index < -0.39 is 0 Å². The predicted molar refractivity (Wildman–Crippen MR) is 82.6 cm³/mol. The molecule has 1 amide bonds. The van der Waals surface area contributed by atoms with Crippen LogP contribution in [0.25, 0.3) is 0 Å². The van der Waals surface area contributed by atoms with E-state index in [1.54, 1.807) is 12.1 Å². The predicted octanol–water partition coefficient (Wildman–Crippen LogP) is 2.61. The van der Waals surface area contributed by atoms with E-state index in [0.717, 1.165) is 50.4 Å². The zero-order chi connectivity index (χ0) is 15.1. The number of hydrogen-bond donors (Lipinski definition) is 1. The highest BCUT2D eigenvalue weighted by Gasteiger charge is 2.19. The van der Waals surface area contributed by atoms with Gasteiger partial charge in [-0.1, -0.05) is 19.1 Å². The summed E-state index contributed by atoms with van der Waals surface area (Å²) in [6, 6.07) is 6.57. The van der Waals surface area contributed by atoms with Crippen molar-refractivity contribution in [2.24, 2.45) is 5.92 Å². The summed E-state index contributed by atoms with van der Waals surface area (Å²) in [5, 5.41) is 3.29. The SMILES string of the molecule is CC1CCN(C(=O)CCNCCc2ccc(F)cc2)CC1. The van der Waals surface area contributed by atoms with Gasteiger partial charge in [0.05, 0.1) is 0 Å². The number of rotatable bonds is 6. The van der Waals surface area contributed by atoms with Crippen LogP contribution in [0.1, 0.15) is 31.7 Å². The minimum Gasteiger partial charge on any atom is -0.343 e. The van der Waals surface area contributed by atoms with E-state index in [9.17, 15) is 9.18 Å². The number of nitrogens with one attached hydrogen (secondary N) is 1. The third-order valence-corrected chi connectivity index (χ3v) is 4.16. The summed E-state index contributed by atoms with van der Waals surface area (Å²) in [6.07, 6.45) is 3.68. The molecule has 1 fully saturated rings. The Balaban J connectivity index is 1.57. The van der Waals surface area contributed by atoms with Crippen molar-refractivity contribution in [2.75, 3.05) is 26.2 Å². The van der Waals surface area contributed by atoms with Crippen LogP contribution < -0.4 is 5.32 Å². The van der Waals surface area contributed by atoms with Crippen LogP contribution >= 0.6 is 0 Å². The molecule has 1 heterocycles. The van der Waals surface area contributed by atoms with Gasteiger partial charge in [-0.15, -0.1) is 0 Å². The summed E-state index contributed by atoms with van der Waals surface area (Å²) in [7, 11) is 0. The second-order valence-electron chi connectivity index (χ2n) is 5.94. The summed E-state index contributed by atoms with van der Waals surface area (Å²) in [5.74, 6) is 0.812. The smallest absolute Gasteiger partial charge is 0.223 e. The lowest BCUT2D eigenvalue weighted by Crippen LogP contribution is -2.39. The van der Waals surface area contributed by atoms with E-state index >= 15 is 0 Å². The van der Waals surface area contributed by atoms with Gasteiger partial charge >= 0.3 is 0 Å². The third-order valence-electron chi connectivity index (χ3n) is 4.16. The van der Waals surface area contributed by atoms with Crippen molar-refractivity contribution in [2.45, 2.75) is 32.6 Å². The normalized spacial score (nSPS) is 16.2. The van der Waals surface area contributed by atoms with E-state index in [1.165, 1.54) is 12.1 Å². The molecule has 0 aliphatic carbocycles. The van der Waals surface area contributed by atoms with Crippen molar-refractivity contribution in [1.82, 2.24) is 10.2 Å². The molecule has 0 atom stereocenters. The summed E-state index contributed by atoms with van der Waals surface area (Å²) < 4.78 is 12.8. The van der Waals surface area contributed by atoms with Crippen LogP contribution in [0.15, 0.2) is 24.3 Å². The van der Waals surface area contributed by atoms with Crippen molar-refractivity contribution >= 4 is 5.91 Å². The van der Waals surface area contributed by atoms with E-state index in [2.05, 4.69) is 12.2 Å². The highest BCUT2D eigenvalue weighted by atomic mass is 19.1. The van der Waals surface area contributed by atoms with Crippen LogP contribution in [-0.4, -0.2) is 37.0 Å². The Bertz CT molecular complexity index is 439. The van der Waals surface area contributed by atoms with Crippen molar-refractivity contribution in [1.29, 1.82) is 0 Å². The van der Waals surface area contributed by atoms with Crippen LogP contribution in [0.3, 0.4) is 0 Å². The Hall–Kier alpha value is -1.42. The topological polar surface area (TPSA) is 32.3 Å². The molecular weight excluding hydrogens is 267 g/mol. The summed E-state index contributed by atoms with van der Waals surface area (Å²) in [4.78, 5) is 14.0. The van der Waals surface area contributed by atoms with Crippen molar-refractivity contribution in [3.63, 3.8) is 0 Å². The highest BCUT2D eigenvalue weighted by Crippen LogP contribution is 2.16. The van der Waals surface area contributed by atoms with Gasteiger partial charge in [0, 0.05) is 26.1 Å². The van der Waals surface area contributed by atoms with Gasteiger partial charge in [0.15, 0.2) is 0 Å². The Kier molecular flexibility index (Phi) is 6.18. The van der Waals surface area contributed by atoms with Crippen LogP contribution in [0.5, 0.6) is 0 Å². The zero-order valence-corrected chi connectivity index (χ0v) is 12.8. The first-order valence-electron chi connectivity index (χ1n) is 7.88. The molecule has 1 aromatic carbocycles. The highest BCUT2D eigenvalue weighted by molar-refractivity contribution is 5.76. The summed E-state index contributed by atoms with van der Waals surface area (Å²) in [6.45, 7) is 5.60. The van der Waals surface area contributed by atoms with Gasteiger partial charge in [-0.05, 0) is 49.4 Å². The number of halogens is 1. The number of carbonyl (C=O) groups is 1. The fraction of sp³-hybridized carbons (Fsp3) is 0.588. The molecule has 2 rings (SSSR count). The largest absolute Gasteiger partial charge is 0.343 e. The molecule has 1 saturated heterocycles. The molecular formula is C17H25FN2O. The van der Waals surface area contributed by atoms with Crippen molar-refractivity contribution < 1.29 is 9.18 Å². The lowest BCUT2D eigenvalue weighted by Gasteiger charge is -2.30. The minimum absolute atomic E-state index is 0.201. The summed E-state index contributed by atoms with van der Waals surface area (Å²) in [5.41, 5.74) is 1.11. The maximum absolute atomic E-state index is 12.8. The Morgan fingerprint density at radius 3 is 2.57 bits per heavy atom. The fourth-order valence-electron chi connectivity index (χ4n) is 2.62. The number of carbonyl (C=O) groups excluding carboxylic acids is 1. The van der Waals surface area contributed by atoms with Crippen LogP contribution in [0.4, 0.5) is 4.39 Å². The molecule has 116 valence electrons. The lowest BCUT2D eigenvalue weighted by atomic mass is 9.99. The molecule has 0 aromatic heterocycles. The maximum atomic E-state index is 12.8. The van der Waals surface area contributed by atoms with Crippen LogP contribution in [-0.2, 0) is 11.2 Å². The molecule has 1 N–H and O–H groups in total. The van der Waals surface area contributed by atoms with Crippen molar-refractivity contribution in [3.05, 3.63) is 35.6 Å². The number of amides is 1. The monoisotopic (exact) mass is 292 g/mol. The molecule has 1 aliphatic rings. The van der Waals surface area contributed by atoms with Gasteiger partial charge in [-0.3, -0.25) is 4.79 Å². The number of benzene rings is 1. The average Bonchev–Trinajstić information content (AvgIpc) is 2.49. The van der Waals surface area contributed by atoms with E-state index in [-0.39, 0.29) is 11.7 Å². The standard InChI is InChI=1S/C17H25FN2O/c1-14-8-12-20(13-9-14)17(21)7-11-19-10-6-15-2-4-16(18)5-3-15/h2-5,14,19H,6-13H2,1H3.